The lowest BCUT2D eigenvalue weighted by atomic mass is 10.2. The molecule has 0 aliphatic rings. The van der Waals surface area contributed by atoms with E-state index in [-0.39, 0.29) is 12.3 Å². The van der Waals surface area contributed by atoms with Crippen LogP contribution >= 0.6 is 11.6 Å². The number of rotatable bonds is 6. The van der Waals surface area contributed by atoms with Crippen LogP contribution in [0.25, 0.3) is 11.4 Å². The summed E-state index contributed by atoms with van der Waals surface area (Å²) in [5.74, 6) is 0.0902. The number of methoxy groups -OCH3 is 1. The first-order chi connectivity index (χ1) is 13.1. The van der Waals surface area contributed by atoms with Gasteiger partial charge in [-0.15, -0.1) is 0 Å². The first kappa shape index (κ1) is 18.6. The summed E-state index contributed by atoms with van der Waals surface area (Å²) in [6.07, 6.45) is 0.465. The van der Waals surface area contributed by atoms with Crippen LogP contribution in [0.2, 0.25) is 5.02 Å². The minimum absolute atomic E-state index is 0.170. The van der Waals surface area contributed by atoms with E-state index in [1.165, 1.54) is 7.11 Å². The van der Waals surface area contributed by atoms with E-state index in [1.807, 2.05) is 12.1 Å². The average Bonchev–Trinajstić information content (AvgIpc) is 3.15. The third kappa shape index (κ3) is 4.71. The minimum atomic E-state index is -0.432. The lowest BCUT2D eigenvalue weighted by molar-refractivity contribution is -0.116. The highest BCUT2D eigenvalue weighted by molar-refractivity contribution is 6.33. The fourth-order valence-electron chi connectivity index (χ4n) is 2.36. The van der Waals surface area contributed by atoms with Gasteiger partial charge in [0.15, 0.2) is 0 Å². The lowest BCUT2D eigenvalue weighted by Gasteiger charge is -2.05. The van der Waals surface area contributed by atoms with E-state index < -0.39 is 5.97 Å². The van der Waals surface area contributed by atoms with Gasteiger partial charge in [-0.3, -0.25) is 4.79 Å². The Labute approximate surface area is 160 Å². The molecule has 3 rings (SSSR count). The Balaban J connectivity index is 1.55. The summed E-state index contributed by atoms with van der Waals surface area (Å²) in [4.78, 5) is 27.7. The second-order valence-corrected chi connectivity index (χ2v) is 6.02. The molecule has 0 unspecified atom stereocenters. The Kier molecular flexibility index (Phi) is 5.83. The summed E-state index contributed by atoms with van der Waals surface area (Å²) in [5, 5.41) is 7.17. The molecule has 3 aromatic rings. The van der Waals surface area contributed by atoms with Crippen LogP contribution in [-0.4, -0.2) is 29.1 Å². The smallest absolute Gasteiger partial charge is 0.337 e. The van der Waals surface area contributed by atoms with Crippen LogP contribution in [0.5, 0.6) is 0 Å². The molecule has 8 heteroatoms. The van der Waals surface area contributed by atoms with Crippen molar-refractivity contribution in [2.24, 2.45) is 0 Å². The van der Waals surface area contributed by atoms with E-state index in [1.54, 1.807) is 36.4 Å². The number of nitrogens with zero attached hydrogens (tertiary/aromatic N) is 2. The Hall–Kier alpha value is -3.19. The number of carbonyl (C=O) groups is 2. The Morgan fingerprint density at radius 1 is 1.15 bits per heavy atom. The molecule has 1 amide bonds. The van der Waals surface area contributed by atoms with Crippen molar-refractivity contribution in [1.82, 2.24) is 10.1 Å². The number of benzene rings is 2. The molecule has 1 N–H and O–H groups in total. The summed E-state index contributed by atoms with van der Waals surface area (Å²) in [6, 6.07) is 13.6. The lowest BCUT2D eigenvalue weighted by Crippen LogP contribution is -2.12. The van der Waals surface area contributed by atoms with Crippen LogP contribution in [0.4, 0.5) is 5.69 Å². The number of nitrogens with one attached hydrogen (secondary N) is 1. The third-order valence-electron chi connectivity index (χ3n) is 3.74. The molecule has 0 aliphatic heterocycles. The van der Waals surface area contributed by atoms with Crippen molar-refractivity contribution in [3.05, 3.63) is 65.0 Å². The van der Waals surface area contributed by atoms with Crippen molar-refractivity contribution in [3.8, 4) is 11.4 Å². The number of hydrogen-bond donors (Lipinski definition) is 1. The van der Waals surface area contributed by atoms with Gasteiger partial charge in [-0.25, -0.2) is 4.79 Å². The van der Waals surface area contributed by atoms with Gasteiger partial charge >= 0.3 is 5.97 Å². The molecule has 27 heavy (non-hydrogen) atoms. The standard InChI is InChI=1S/C19H16ClN3O4/c1-26-19(25)12-6-8-13(9-7-12)21-16(24)10-11-17-22-18(23-27-17)14-4-2-3-5-15(14)20/h2-9H,10-11H2,1H3,(H,21,24). The molecule has 0 saturated heterocycles. The molecule has 0 fully saturated rings. The van der Waals surface area contributed by atoms with Crippen LogP contribution in [0.15, 0.2) is 53.1 Å². The van der Waals surface area contributed by atoms with E-state index in [0.29, 0.717) is 40.0 Å². The number of hydrogen-bond acceptors (Lipinski definition) is 6. The number of esters is 1. The predicted molar refractivity (Wildman–Crippen MR) is 99.5 cm³/mol. The summed E-state index contributed by atoms with van der Waals surface area (Å²) < 4.78 is 9.81. The normalized spacial score (nSPS) is 10.4. The summed E-state index contributed by atoms with van der Waals surface area (Å²) >= 11 is 6.11. The van der Waals surface area contributed by atoms with E-state index in [4.69, 9.17) is 16.1 Å². The summed E-state index contributed by atoms with van der Waals surface area (Å²) in [5.41, 5.74) is 1.66. The highest BCUT2D eigenvalue weighted by atomic mass is 35.5. The van der Waals surface area contributed by atoms with Gasteiger partial charge in [-0.05, 0) is 36.4 Å². The second kappa shape index (κ2) is 8.46. The van der Waals surface area contributed by atoms with Crippen LogP contribution < -0.4 is 5.32 Å². The van der Waals surface area contributed by atoms with Crippen molar-refractivity contribution in [2.75, 3.05) is 12.4 Å². The van der Waals surface area contributed by atoms with Crippen LogP contribution in [-0.2, 0) is 16.0 Å². The molecular formula is C19H16ClN3O4. The van der Waals surface area contributed by atoms with E-state index in [0.717, 1.165) is 0 Å². The maximum Gasteiger partial charge on any atom is 0.337 e. The fraction of sp³-hybridized carbons (Fsp3) is 0.158. The Morgan fingerprint density at radius 2 is 1.89 bits per heavy atom. The SMILES string of the molecule is COC(=O)c1ccc(NC(=O)CCc2nc(-c3ccccc3Cl)no2)cc1. The summed E-state index contributed by atoms with van der Waals surface area (Å²) in [6.45, 7) is 0. The number of anilines is 1. The van der Waals surface area contributed by atoms with Crippen molar-refractivity contribution < 1.29 is 18.8 Å². The highest BCUT2D eigenvalue weighted by Gasteiger charge is 2.13. The maximum atomic E-state index is 12.1. The number of aromatic nitrogens is 2. The first-order valence-corrected chi connectivity index (χ1v) is 8.50. The van der Waals surface area contributed by atoms with Crippen molar-refractivity contribution >= 4 is 29.2 Å². The number of halogens is 1. The molecule has 2 aromatic carbocycles. The zero-order chi connectivity index (χ0) is 19.2. The van der Waals surface area contributed by atoms with Gasteiger partial charge in [0, 0.05) is 24.1 Å². The zero-order valence-corrected chi connectivity index (χ0v) is 15.2. The Bertz CT molecular complexity index is 954. The number of carbonyl (C=O) groups excluding carboxylic acids is 2. The van der Waals surface area contributed by atoms with Crippen molar-refractivity contribution in [1.29, 1.82) is 0 Å². The zero-order valence-electron chi connectivity index (χ0n) is 14.4. The fourth-order valence-corrected chi connectivity index (χ4v) is 2.58. The van der Waals surface area contributed by atoms with Gasteiger partial charge in [-0.2, -0.15) is 4.98 Å². The van der Waals surface area contributed by atoms with Gasteiger partial charge in [0.25, 0.3) is 0 Å². The molecule has 1 aromatic heterocycles. The summed E-state index contributed by atoms with van der Waals surface area (Å²) in [7, 11) is 1.31. The van der Waals surface area contributed by atoms with E-state index >= 15 is 0 Å². The third-order valence-corrected chi connectivity index (χ3v) is 4.07. The number of ether oxygens (including phenoxy) is 1. The van der Waals surface area contributed by atoms with Gasteiger partial charge in [0.1, 0.15) is 0 Å². The van der Waals surface area contributed by atoms with E-state index in [2.05, 4.69) is 20.2 Å². The number of aryl methyl sites for hydroxylation is 1. The molecular weight excluding hydrogens is 370 g/mol. The van der Waals surface area contributed by atoms with Crippen molar-refractivity contribution in [3.63, 3.8) is 0 Å². The molecule has 0 atom stereocenters. The largest absolute Gasteiger partial charge is 0.465 e. The topological polar surface area (TPSA) is 94.3 Å². The molecule has 0 bridgehead atoms. The quantitative estimate of drug-likeness (QED) is 0.649. The molecule has 0 radical (unpaired) electrons. The highest BCUT2D eigenvalue weighted by Crippen LogP contribution is 2.25. The van der Waals surface area contributed by atoms with Gasteiger partial charge in [0.05, 0.1) is 17.7 Å². The number of amides is 1. The van der Waals surface area contributed by atoms with Crippen LogP contribution in [0.3, 0.4) is 0 Å². The van der Waals surface area contributed by atoms with Crippen LogP contribution in [0.1, 0.15) is 22.7 Å². The maximum absolute atomic E-state index is 12.1. The molecule has 0 spiro atoms. The minimum Gasteiger partial charge on any atom is -0.465 e. The second-order valence-electron chi connectivity index (χ2n) is 5.61. The molecule has 1 heterocycles. The van der Waals surface area contributed by atoms with Crippen LogP contribution in [0, 0.1) is 0 Å². The van der Waals surface area contributed by atoms with E-state index in [9.17, 15) is 9.59 Å². The molecule has 0 saturated carbocycles. The Morgan fingerprint density at radius 3 is 2.59 bits per heavy atom. The first-order valence-electron chi connectivity index (χ1n) is 8.12. The molecule has 7 nitrogen and oxygen atoms in total. The van der Waals surface area contributed by atoms with Gasteiger partial charge in [0.2, 0.25) is 17.6 Å². The molecule has 0 aliphatic carbocycles. The van der Waals surface area contributed by atoms with Gasteiger partial charge in [-0.1, -0.05) is 28.9 Å². The average molecular weight is 386 g/mol. The van der Waals surface area contributed by atoms with Gasteiger partial charge < -0.3 is 14.6 Å². The predicted octanol–water partition coefficient (Wildman–Crippen LogP) is 3.75. The monoisotopic (exact) mass is 385 g/mol. The van der Waals surface area contributed by atoms with Crippen molar-refractivity contribution in [2.45, 2.75) is 12.8 Å². The molecule has 138 valence electrons.